The highest BCUT2D eigenvalue weighted by atomic mass is 35.5. The average Bonchev–Trinajstić information content (AvgIpc) is 2.98. The summed E-state index contributed by atoms with van der Waals surface area (Å²) in [5.74, 6) is -1.04. The van der Waals surface area contributed by atoms with Crippen molar-refractivity contribution in [3.63, 3.8) is 0 Å². The summed E-state index contributed by atoms with van der Waals surface area (Å²) in [6, 6.07) is 14.2. The summed E-state index contributed by atoms with van der Waals surface area (Å²) in [4.78, 5) is 12.6. The third-order valence-corrected chi connectivity index (χ3v) is 4.64. The zero-order chi connectivity index (χ0) is 15.6. The number of hydrogen-bond donors (Lipinski definition) is 1. The van der Waals surface area contributed by atoms with Gasteiger partial charge in [0.2, 0.25) is 0 Å². The number of hydrogen-bond acceptors (Lipinski definition) is 1. The molecule has 0 heterocycles. The van der Waals surface area contributed by atoms with Gasteiger partial charge in [-0.05, 0) is 30.5 Å². The molecule has 0 unspecified atom stereocenters. The number of halogens is 2. The third kappa shape index (κ3) is 2.73. The molecule has 4 heteroatoms. The Bertz CT molecular complexity index is 660. The van der Waals surface area contributed by atoms with Gasteiger partial charge in [0.05, 0.1) is 16.1 Å². The fourth-order valence-corrected chi connectivity index (χ4v) is 3.46. The fraction of sp³-hybridized carbons (Fsp3) is 0.278. The van der Waals surface area contributed by atoms with Gasteiger partial charge in [0.25, 0.3) is 5.91 Å². The molecule has 22 heavy (non-hydrogen) atoms. The maximum absolute atomic E-state index is 14.0. The van der Waals surface area contributed by atoms with E-state index >= 15 is 0 Å². The van der Waals surface area contributed by atoms with Gasteiger partial charge in [-0.2, -0.15) is 0 Å². The van der Waals surface area contributed by atoms with Crippen molar-refractivity contribution in [2.45, 2.75) is 31.2 Å². The maximum Gasteiger partial charge on any atom is 0.256 e. The Morgan fingerprint density at radius 1 is 1.05 bits per heavy atom. The van der Waals surface area contributed by atoms with Gasteiger partial charge in [0, 0.05) is 0 Å². The highest BCUT2D eigenvalue weighted by Gasteiger charge is 2.37. The maximum atomic E-state index is 14.0. The average molecular weight is 318 g/mol. The molecule has 0 atom stereocenters. The van der Waals surface area contributed by atoms with Gasteiger partial charge in [0.15, 0.2) is 0 Å². The third-order valence-electron chi connectivity index (χ3n) is 4.33. The monoisotopic (exact) mass is 317 g/mol. The van der Waals surface area contributed by atoms with Gasteiger partial charge in [-0.1, -0.05) is 60.8 Å². The molecule has 0 aromatic heterocycles. The molecule has 1 aliphatic rings. The van der Waals surface area contributed by atoms with Crippen molar-refractivity contribution in [3.8, 4) is 0 Å². The lowest BCUT2D eigenvalue weighted by Gasteiger charge is -2.31. The van der Waals surface area contributed by atoms with Crippen LogP contribution in [0.3, 0.4) is 0 Å². The van der Waals surface area contributed by atoms with Gasteiger partial charge in [0.1, 0.15) is 5.82 Å². The van der Waals surface area contributed by atoms with E-state index < -0.39 is 17.3 Å². The first-order chi connectivity index (χ1) is 10.6. The van der Waals surface area contributed by atoms with Crippen LogP contribution >= 0.6 is 11.6 Å². The summed E-state index contributed by atoms with van der Waals surface area (Å²) < 4.78 is 14.0. The molecule has 0 spiro atoms. The predicted molar refractivity (Wildman–Crippen MR) is 85.5 cm³/mol. The van der Waals surface area contributed by atoms with Crippen molar-refractivity contribution in [2.24, 2.45) is 0 Å². The number of amides is 1. The topological polar surface area (TPSA) is 29.1 Å². The van der Waals surface area contributed by atoms with Crippen LogP contribution in [0, 0.1) is 5.82 Å². The van der Waals surface area contributed by atoms with E-state index in [4.69, 9.17) is 11.6 Å². The zero-order valence-corrected chi connectivity index (χ0v) is 12.9. The Kier molecular flexibility index (Phi) is 4.16. The molecular formula is C18H17ClFNO. The second kappa shape index (κ2) is 6.09. The van der Waals surface area contributed by atoms with Gasteiger partial charge in [-0.25, -0.2) is 4.39 Å². The Morgan fingerprint density at radius 2 is 1.73 bits per heavy atom. The van der Waals surface area contributed by atoms with Crippen LogP contribution in [0.25, 0.3) is 0 Å². The summed E-state index contributed by atoms with van der Waals surface area (Å²) in [5, 5.41) is 3.18. The molecule has 2 aromatic carbocycles. The van der Waals surface area contributed by atoms with Crippen LogP contribution in [-0.4, -0.2) is 5.91 Å². The van der Waals surface area contributed by atoms with Crippen LogP contribution in [-0.2, 0) is 5.54 Å². The molecular weight excluding hydrogens is 301 g/mol. The first kappa shape index (κ1) is 15.0. The second-order valence-electron chi connectivity index (χ2n) is 5.71. The van der Waals surface area contributed by atoms with Crippen molar-refractivity contribution in [1.82, 2.24) is 5.32 Å². The van der Waals surface area contributed by atoms with Crippen LogP contribution in [0.1, 0.15) is 41.6 Å². The Labute approximate surface area is 134 Å². The molecule has 2 nitrogen and oxygen atoms in total. The molecule has 0 bridgehead atoms. The zero-order valence-electron chi connectivity index (χ0n) is 12.1. The SMILES string of the molecule is O=C(NC1(c2ccccc2)CCCC1)c1c(F)cccc1Cl. The summed E-state index contributed by atoms with van der Waals surface area (Å²) in [5.41, 5.74) is 0.559. The highest BCUT2D eigenvalue weighted by Crippen LogP contribution is 2.39. The van der Waals surface area contributed by atoms with Crippen LogP contribution in [0.15, 0.2) is 48.5 Å². The first-order valence-electron chi connectivity index (χ1n) is 7.44. The van der Waals surface area contributed by atoms with E-state index in [-0.39, 0.29) is 10.6 Å². The molecule has 1 amide bonds. The standard InChI is InChI=1S/C18H17ClFNO/c19-14-9-6-10-15(20)16(14)17(22)21-18(11-4-5-12-18)13-7-2-1-3-8-13/h1-3,6-10H,4-5,11-12H2,(H,21,22). The summed E-state index contributed by atoms with van der Waals surface area (Å²) in [6.45, 7) is 0. The van der Waals surface area contributed by atoms with E-state index in [1.165, 1.54) is 18.2 Å². The number of carbonyl (C=O) groups is 1. The predicted octanol–water partition coefficient (Wildman–Crippen LogP) is 4.68. The summed E-state index contributed by atoms with van der Waals surface area (Å²) in [6.07, 6.45) is 3.80. The molecule has 1 aliphatic carbocycles. The second-order valence-corrected chi connectivity index (χ2v) is 6.11. The van der Waals surface area contributed by atoms with Crippen LogP contribution in [0.2, 0.25) is 5.02 Å². The van der Waals surface area contributed by atoms with E-state index in [2.05, 4.69) is 5.32 Å². The summed E-state index contributed by atoms with van der Waals surface area (Å²) in [7, 11) is 0. The Morgan fingerprint density at radius 3 is 2.36 bits per heavy atom. The number of rotatable bonds is 3. The molecule has 1 fully saturated rings. The lowest BCUT2D eigenvalue weighted by molar-refractivity contribution is 0.0894. The van der Waals surface area contributed by atoms with Gasteiger partial charge >= 0.3 is 0 Å². The number of benzene rings is 2. The Hall–Kier alpha value is -1.87. The molecule has 3 rings (SSSR count). The van der Waals surface area contributed by atoms with Crippen molar-refractivity contribution in [2.75, 3.05) is 0 Å². The van der Waals surface area contributed by atoms with E-state index in [1.807, 2.05) is 30.3 Å². The van der Waals surface area contributed by atoms with Crippen molar-refractivity contribution in [1.29, 1.82) is 0 Å². The lowest BCUT2D eigenvalue weighted by atomic mass is 9.88. The molecule has 1 N–H and O–H groups in total. The normalized spacial score (nSPS) is 16.5. The molecule has 0 saturated heterocycles. The van der Waals surface area contributed by atoms with Crippen molar-refractivity contribution in [3.05, 3.63) is 70.5 Å². The molecule has 1 saturated carbocycles. The van der Waals surface area contributed by atoms with Gasteiger partial charge < -0.3 is 5.32 Å². The number of nitrogens with one attached hydrogen (secondary N) is 1. The largest absolute Gasteiger partial charge is 0.342 e. The minimum atomic E-state index is -0.591. The van der Waals surface area contributed by atoms with Crippen LogP contribution in [0.4, 0.5) is 4.39 Å². The first-order valence-corrected chi connectivity index (χ1v) is 7.82. The summed E-state index contributed by atoms with van der Waals surface area (Å²) >= 11 is 6.00. The van der Waals surface area contributed by atoms with Gasteiger partial charge in [-0.15, -0.1) is 0 Å². The van der Waals surface area contributed by atoms with Gasteiger partial charge in [-0.3, -0.25) is 4.79 Å². The molecule has 0 aliphatic heterocycles. The highest BCUT2D eigenvalue weighted by molar-refractivity contribution is 6.33. The van der Waals surface area contributed by atoms with Crippen LogP contribution in [0.5, 0.6) is 0 Å². The van der Waals surface area contributed by atoms with E-state index in [0.717, 1.165) is 31.2 Å². The van der Waals surface area contributed by atoms with Crippen molar-refractivity contribution < 1.29 is 9.18 Å². The minimum Gasteiger partial charge on any atom is -0.342 e. The Balaban J connectivity index is 1.94. The number of carbonyl (C=O) groups excluding carboxylic acids is 1. The lowest BCUT2D eigenvalue weighted by Crippen LogP contribution is -2.44. The quantitative estimate of drug-likeness (QED) is 0.875. The van der Waals surface area contributed by atoms with E-state index in [1.54, 1.807) is 0 Å². The molecule has 0 radical (unpaired) electrons. The fourth-order valence-electron chi connectivity index (χ4n) is 3.22. The van der Waals surface area contributed by atoms with E-state index in [0.29, 0.717) is 0 Å². The molecule has 2 aromatic rings. The van der Waals surface area contributed by atoms with Crippen LogP contribution < -0.4 is 5.32 Å². The van der Waals surface area contributed by atoms with Crippen molar-refractivity contribution >= 4 is 17.5 Å². The van der Waals surface area contributed by atoms with E-state index in [9.17, 15) is 9.18 Å². The molecule has 114 valence electrons. The smallest absolute Gasteiger partial charge is 0.256 e. The minimum absolute atomic E-state index is 0.0774.